The second-order valence-corrected chi connectivity index (χ2v) is 5.01. The van der Waals surface area contributed by atoms with Crippen molar-refractivity contribution in [2.24, 2.45) is 5.10 Å². The Morgan fingerprint density at radius 3 is 3.00 bits per heavy atom. The largest absolute Gasteiger partial charge is 0.504 e. The van der Waals surface area contributed by atoms with Crippen LogP contribution in [0.3, 0.4) is 0 Å². The van der Waals surface area contributed by atoms with Gasteiger partial charge in [-0.05, 0) is 52.7 Å². The number of phenols is 1. The SMILES string of the molecule is CCOc1cc(/C=N/NC(=O)c2cc(Br)c[nH]2)ccc1O. The molecule has 0 atom stereocenters. The lowest BCUT2D eigenvalue weighted by atomic mass is 10.2. The number of rotatable bonds is 5. The third kappa shape index (κ3) is 4.09. The second-order valence-electron chi connectivity index (χ2n) is 4.09. The molecule has 0 radical (unpaired) electrons. The van der Waals surface area contributed by atoms with E-state index in [9.17, 15) is 9.90 Å². The number of hydrazone groups is 1. The number of hydrogen-bond acceptors (Lipinski definition) is 4. The Hall–Kier alpha value is -2.28. The standard InChI is InChI=1S/C14H14BrN3O3/c1-2-21-13-5-9(3-4-12(13)19)7-17-18-14(20)11-6-10(15)8-16-11/h3-8,16,19H,2H2,1H3,(H,18,20)/b17-7+. The first kappa shape index (κ1) is 15.1. The molecule has 6 nitrogen and oxygen atoms in total. The summed E-state index contributed by atoms with van der Waals surface area (Å²) in [7, 11) is 0. The molecule has 1 heterocycles. The first-order valence-corrected chi connectivity index (χ1v) is 7.02. The van der Waals surface area contributed by atoms with Gasteiger partial charge in [0.2, 0.25) is 0 Å². The zero-order chi connectivity index (χ0) is 15.2. The lowest BCUT2D eigenvalue weighted by Crippen LogP contribution is -2.17. The van der Waals surface area contributed by atoms with Gasteiger partial charge >= 0.3 is 0 Å². The summed E-state index contributed by atoms with van der Waals surface area (Å²) < 4.78 is 6.06. The zero-order valence-electron chi connectivity index (χ0n) is 11.3. The molecule has 21 heavy (non-hydrogen) atoms. The first-order chi connectivity index (χ1) is 10.1. The number of carbonyl (C=O) groups is 1. The van der Waals surface area contributed by atoms with Gasteiger partial charge in [0.15, 0.2) is 11.5 Å². The van der Waals surface area contributed by atoms with Crippen molar-refractivity contribution in [1.82, 2.24) is 10.4 Å². The quantitative estimate of drug-likeness (QED) is 0.571. The summed E-state index contributed by atoms with van der Waals surface area (Å²) in [6, 6.07) is 6.47. The summed E-state index contributed by atoms with van der Waals surface area (Å²) in [5.41, 5.74) is 3.50. The molecule has 110 valence electrons. The number of aromatic amines is 1. The van der Waals surface area contributed by atoms with E-state index in [-0.39, 0.29) is 11.7 Å². The van der Waals surface area contributed by atoms with E-state index in [1.165, 1.54) is 12.3 Å². The summed E-state index contributed by atoms with van der Waals surface area (Å²) in [6.07, 6.45) is 3.13. The van der Waals surface area contributed by atoms with E-state index in [0.29, 0.717) is 23.6 Å². The summed E-state index contributed by atoms with van der Waals surface area (Å²) in [5.74, 6) is 0.0936. The summed E-state index contributed by atoms with van der Waals surface area (Å²) in [4.78, 5) is 14.5. The number of H-pyrrole nitrogens is 1. The van der Waals surface area contributed by atoms with Crippen LogP contribution in [0.15, 0.2) is 40.0 Å². The van der Waals surface area contributed by atoms with Gasteiger partial charge in [0.25, 0.3) is 5.91 Å². The van der Waals surface area contributed by atoms with E-state index < -0.39 is 0 Å². The number of carbonyl (C=O) groups excluding carboxylic acids is 1. The molecular formula is C14H14BrN3O3. The van der Waals surface area contributed by atoms with E-state index >= 15 is 0 Å². The average molecular weight is 352 g/mol. The second kappa shape index (κ2) is 6.94. The monoisotopic (exact) mass is 351 g/mol. The van der Waals surface area contributed by atoms with Crippen LogP contribution in [-0.4, -0.2) is 28.8 Å². The van der Waals surface area contributed by atoms with E-state index in [0.717, 1.165) is 4.47 Å². The minimum absolute atomic E-state index is 0.0641. The molecule has 7 heteroatoms. The lowest BCUT2D eigenvalue weighted by molar-refractivity contribution is 0.0951. The maximum Gasteiger partial charge on any atom is 0.287 e. The molecular weight excluding hydrogens is 338 g/mol. The number of halogens is 1. The number of nitrogens with zero attached hydrogens (tertiary/aromatic N) is 1. The van der Waals surface area contributed by atoms with Gasteiger partial charge in [-0.1, -0.05) is 0 Å². The molecule has 1 aromatic heterocycles. The smallest absolute Gasteiger partial charge is 0.287 e. The van der Waals surface area contributed by atoms with Crippen LogP contribution in [0.4, 0.5) is 0 Å². The Bertz CT molecular complexity index is 667. The number of aromatic nitrogens is 1. The van der Waals surface area contributed by atoms with Crippen molar-refractivity contribution in [2.45, 2.75) is 6.92 Å². The van der Waals surface area contributed by atoms with Crippen LogP contribution in [-0.2, 0) is 0 Å². The van der Waals surface area contributed by atoms with Crippen molar-refractivity contribution in [3.8, 4) is 11.5 Å². The number of benzene rings is 1. The minimum atomic E-state index is -0.347. The van der Waals surface area contributed by atoms with E-state index in [1.807, 2.05) is 6.92 Å². The lowest BCUT2D eigenvalue weighted by Gasteiger charge is -2.05. The van der Waals surface area contributed by atoms with Gasteiger partial charge in [-0.25, -0.2) is 5.43 Å². The van der Waals surface area contributed by atoms with Gasteiger partial charge in [-0.3, -0.25) is 4.79 Å². The third-order valence-corrected chi connectivity index (χ3v) is 3.01. The van der Waals surface area contributed by atoms with Gasteiger partial charge in [-0.15, -0.1) is 0 Å². The number of amides is 1. The molecule has 1 amide bonds. The molecule has 0 aliphatic carbocycles. The van der Waals surface area contributed by atoms with E-state index in [4.69, 9.17) is 4.74 Å². The summed E-state index contributed by atoms with van der Waals surface area (Å²) >= 11 is 3.25. The zero-order valence-corrected chi connectivity index (χ0v) is 12.8. The molecule has 2 aromatic rings. The molecule has 1 aromatic carbocycles. The molecule has 0 aliphatic heterocycles. The van der Waals surface area contributed by atoms with Gasteiger partial charge in [-0.2, -0.15) is 5.10 Å². The fourth-order valence-corrected chi connectivity index (χ4v) is 1.95. The summed E-state index contributed by atoms with van der Waals surface area (Å²) in [5, 5.41) is 13.4. The highest BCUT2D eigenvalue weighted by atomic mass is 79.9. The topological polar surface area (TPSA) is 86.7 Å². The predicted octanol–water partition coefficient (Wildman–Crippen LogP) is 2.65. The molecule has 0 spiro atoms. The van der Waals surface area contributed by atoms with Gasteiger partial charge < -0.3 is 14.8 Å². The molecule has 0 saturated carbocycles. The van der Waals surface area contributed by atoms with Gasteiger partial charge in [0, 0.05) is 10.7 Å². The number of nitrogens with one attached hydrogen (secondary N) is 2. The Morgan fingerprint density at radius 1 is 1.52 bits per heavy atom. The molecule has 2 rings (SSSR count). The fourth-order valence-electron chi connectivity index (χ4n) is 1.61. The number of phenolic OH excluding ortho intramolecular Hbond substituents is 1. The Kier molecular flexibility index (Phi) is 4.99. The number of ether oxygens (including phenoxy) is 1. The third-order valence-electron chi connectivity index (χ3n) is 2.56. The van der Waals surface area contributed by atoms with Crippen molar-refractivity contribution in [1.29, 1.82) is 0 Å². The molecule has 0 aliphatic rings. The minimum Gasteiger partial charge on any atom is -0.504 e. The van der Waals surface area contributed by atoms with E-state index in [1.54, 1.807) is 24.4 Å². The normalized spacial score (nSPS) is 10.8. The van der Waals surface area contributed by atoms with Crippen LogP contribution in [0, 0.1) is 0 Å². The molecule has 0 unspecified atom stereocenters. The Morgan fingerprint density at radius 2 is 2.33 bits per heavy atom. The van der Waals surface area contributed by atoms with Crippen LogP contribution in [0.2, 0.25) is 0 Å². The Labute approximate surface area is 130 Å². The molecule has 0 saturated heterocycles. The van der Waals surface area contributed by atoms with Crippen molar-refractivity contribution in [3.05, 3.63) is 46.2 Å². The average Bonchev–Trinajstić information content (AvgIpc) is 2.89. The van der Waals surface area contributed by atoms with Crippen LogP contribution in [0.25, 0.3) is 0 Å². The van der Waals surface area contributed by atoms with Gasteiger partial charge in [0.1, 0.15) is 5.69 Å². The van der Waals surface area contributed by atoms with E-state index in [2.05, 4.69) is 31.4 Å². The predicted molar refractivity (Wildman–Crippen MR) is 82.8 cm³/mol. The Balaban J connectivity index is 2.01. The molecule has 0 fully saturated rings. The highest BCUT2D eigenvalue weighted by Crippen LogP contribution is 2.26. The van der Waals surface area contributed by atoms with Crippen molar-refractivity contribution < 1.29 is 14.6 Å². The number of aromatic hydroxyl groups is 1. The van der Waals surface area contributed by atoms with Gasteiger partial charge in [0.05, 0.1) is 12.8 Å². The summed E-state index contributed by atoms with van der Waals surface area (Å²) in [6.45, 7) is 2.28. The van der Waals surface area contributed by atoms with Crippen LogP contribution >= 0.6 is 15.9 Å². The fraction of sp³-hybridized carbons (Fsp3) is 0.143. The van der Waals surface area contributed by atoms with Crippen molar-refractivity contribution >= 4 is 28.1 Å². The molecule has 0 bridgehead atoms. The van der Waals surface area contributed by atoms with Crippen LogP contribution in [0.1, 0.15) is 23.0 Å². The first-order valence-electron chi connectivity index (χ1n) is 6.23. The number of hydrogen-bond donors (Lipinski definition) is 3. The van der Waals surface area contributed by atoms with Crippen LogP contribution in [0.5, 0.6) is 11.5 Å². The maximum absolute atomic E-state index is 11.7. The van der Waals surface area contributed by atoms with Crippen LogP contribution < -0.4 is 10.2 Å². The van der Waals surface area contributed by atoms with Crippen molar-refractivity contribution in [3.63, 3.8) is 0 Å². The maximum atomic E-state index is 11.7. The highest BCUT2D eigenvalue weighted by Gasteiger charge is 2.06. The highest BCUT2D eigenvalue weighted by molar-refractivity contribution is 9.10. The molecule has 3 N–H and O–H groups in total. The van der Waals surface area contributed by atoms with Crippen molar-refractivity contribution in [2.75, 3.05) is 6.61 Å².